The van der Waals surface area contributed by atoms with Crippen molar-refractivity contribution >= 4 is 27.7 Å². The predicted octanol–water partition coefficient (Wildman–Crippen LogP) is 1.94. The van der Waals surface area contributed by atoms with E-state index >= 15 is 0 Å². The molecule has 0 amide bonds. The van der Waals surface area contributed by atoms with E-state index in [0.717, 1.165) is 13.2 Å². The monoisotopic (exact) mass is 260 g/mol. The summed E-state index contributed by atoms with van der Waals surface area (Å²) in [5.41, 5.74) is 0.0881. The van der Waals surface area contributed by atoms with Crippen LogP contribution in [0.15, 0.2) is 22.7 Å². The van der Waals surface area contributed by atoms with Crippen molar-refractivity contribution in [1.82, 2.24) is 0 Å². The summed E-state index contributed by atoms with van der Waals surface area (Å²) in [6, 6.07) is 3.55. The molecule has 1 aromatic carbocycles. The van der Waals surface area contributed by atoms with Gasteiger partial charge in [-0.3, -0.25) is 4.79 Å². The van der Waals surface area contributed by atoms with Crippen LogP contribution >= 0.6 is 15.9 Å². The van der Waals surface area contributed by atoms with Crippen molar-refractivity contribution in [3.63, 3.8) is 0 Å². The number of Topliss-reactive ketones (excluding diaryl/α,β-unsaturated/α-hetero) is 1. The zero-order valence-electron chi connectivity index (χ0n) is 7.21. The van der Waals surface area contributed by atoms with Gasteiger partial charge in [-0.1, -0.05) is 0 Å². The maximum Gasteiger partial charge on any atom is 0.379 e. The van der Waals surface area contributed by atoms with Crippen molar-refractivity contribution in [3.05, 3.63) is 34.1 Å². The SMILES string of the molecule is COC(=O)C(=O)c1ccc(F)c(Br)c1. The first kappa shape index (κ1) is 10.8. The molecule has 0 unspecified atom stereocenters. The van der Waals surface area contributed by atoms with Gasteiger partial charge in [-0.15, -0.1) is 0 Å². The van der Waals surface area contributed by atoms with Crippen molar-refractivity contribution in [2.75, 3.05) is 7.11 Å². The third kappa shape index (κ3) is 2.17. The van der Waals surface area contributed by atoms with Gasteiger partial charge in [0.15, 0.2) is 0 Å². The number of benzene rings is 1. The zero-order chi connectivity index (χ0) is 10.7. The molecule has 1 aromatic rings. The molecule has 0 bridgehead atoms. The number of ether oxygens (including phenoxy) is 1. The van der Waals surface area contributed by atoms with Crippen LogP contribution in [-0.2, 0) is 9.53 Å². The van der Waals surface area contributed by atoms with Crippen LogP contribution in [0.25, 0.3) is 0 Å². The normalized spacial score (nSPS) is 9.64. The van der Waals surface area contributed by atoms with Gasteiger partial charge >= 0.3 is 5.97 Å². The molecule has 0 atom stereocenters. The number of methoxy groups -OCH3 is 1. The molecule has 0 aliphatic rings. The van der Waals surface area contributed by atoms with Gasteiger partial charge in [0, 0.05) is 5.56 Å². The highest BCUT2D eigenvalue weighted by atomic mass is 79.9. The van der Waals surface area contributed by atoms with Crippen LogP contribution in [0.1, 0.15) is 10.4 Å². The molecule has 5 heteroatoms. The van der Waals surface area contributed by atoms with Crippen molar-refractivity contribution in [2.45, 2.75) is 0 Å². The lowest BCUT2D eigenvalue weighted by Crippen LogP contribution is -2.15. The molecule has 14 heavy (non-hydrogen) atoms. The molecular weight excluding hydrogens is 255 g/mol. The summed E-state index contributed by atoms with van der Waals surface area (Å²) < 4.78 is 17.1. The van der Waals surface area contributed by atoms with Gasteiger partial charge in [0.05, 0.1) is 11.6 Å². The van der Waals surface area contributed by atoms with Crippen LogP contribution in [0.3, 0.4) is 0 Å². The van der Waals surface area contributed by atoms with Gasteiger partial charge in [0.25, 0.3) is 5.78 Å². The Bertz CT molecular complexity index is 390. The molecule has 0 heterocycles. The number of ketones is 1. The second kappa shape index (κ2) is 4.32. The van der Waals surface area contributed by atoms with E-state index in [1.54, 1.807) is 0 Å². The van der Waals surface area contributed by atoms with Gasteiger partial charge in [0.1, 0.15) is 5.82 Å². The number of hydrogen-bond donors (Lipinski definition) is 0. The molecule has 3 nitrogen and oxygen atoms in total. The fourth-order valence-corrected chi connectivity index (χ4v) is 1.23. The summed E-state index contributed by atoms with van der Waals surface area (Å²) in [5, 5.41) is 0. The Morgan fingerprint density at radius 2 is 2.07 bits per heavy atom. The maximum absolute atomic E-state index is 12.8. The highest BCUT2D eigenvalue weighted by molar-refractivity contribution is 9.10. The molecule has 0 N–H and O–H groups in total. The Balaban J connectivity index is 3.03. The molecule has 0 saturated carbocycles. The van der Waals surface area contributed by atoms with Crippen LogP contribution in [0, 0.1) is 5.82 Å². The number of halogens is 2. The van der Waals surface area contributed by atoms with E-state index in [-0.39, 0.29) is 10.0 Å². The molecule has 0 aliphatic carbocycles. The standard InChI is InChI=1S/C9H6BrFO3/c1-14-9(13)8(12)5-2-3-7(11)6(10)4-5/h2-4H,1H3. The second-order valence-electron chi connectivity index (χ2n) is 2.45. The van der Waals surface area contributed by atoms with Crippen molar-refractivity contribution in [2.24, 2.45) is 0 Å². The largest absolute Gasteiger partial charge is 0.463 e. The van der Waals surface area contributed by atoms with Gasteiger partial charge in [0.2, 0.25) is 0 Å². The first-order valence-electron chi connectivity index (χ1n) is 3.64. The lowest BCUT2D eigenvalue weighted by molar-refractivity contribution is -0.135. The third-order valence-electron chi connectivity index (χ3n) is 1.55. The lowest BCUT2D eigenvalue weighted by atomic mass is 10.1. The number of rotatable bonds is 2. The van der Waals surface area contributed by atoms with E-state index in [4.69, 9.17) is 0 Å². The van der Waals surface area contributed by atoms with Gasteiger partial charge in [-0.25, -0.2) is 9.18 Å². The molecule has 1 rings (SSSR count). The van der Waals surface area contributed by atoms with E-state index in [1.165, 1.54) is 12.1 Å². The zero-order valence-corrected chi connectivity index (χ0v) is 8.80. The van der Waals surface area contributed by atoms with Crippen LogP contribution in [0.2, 0.25) is 0 Å². The molecule has 0 spiro atoms. The summed E-state index contributed by atoms with van der Waals surface area (Å²) in [6.07, 6.45) is 0. The first-order chi connectivity index (χ1) is 6.56. The average Bonchev–Trinajstić information content (AvgIpc) is 2.20. The molecular formula is C9H6BrFO3. The lowest BCUT2D eigenvalue weighted by Gasteiger charge is -2.00. The second-order valence-corrected chi connectivity index (χ2v) is 3.30. The first-order valence-corrected chi connectivity index (χ1v) is 4.43. The van der Waals surface area contributed by atoms with Gasteiger partial charge in [-0.2, -0.15) is 0 Å². The Morgan fingerprint density at radius 3 is 2.57 bits per heavy atom. The van der Waals surface area contributed by atoms with E-state index in [2.05, 4.69) is 20.7 Å². The summed E-state index contributed by atoms with van der Waals surface area (Å²) in [7, 11) is 1.11. The van der Waals surface area contributed by atoms with Crippen molar-refractivity contribution < 1.29 is 18.7 Å². The topological polar surface area (TPSA) is 43.4 Å². The fraction of sp³-hybridized carbons (Fsp3) is 0.111. The Kier molecular flexibility index (Phi) is 3.35. The number of esters is 1. The number of hydrogen-bond acceptors (Lipinski definition) is 3. The maximum atomic E-state index is 12.8. The Morgan fingerprint density at radius 1 is 1.43 bits per heavy atom. The molecule has 0 saturated heterocycles. The van der Waals surface area contributed by atoms with Crippen LogP contribution in [0.4, 0.5) is 4.39 Å². The molecule has 74 valence electrons. The summed E-state index contributed by atoms with van der Waals surface area (Å²) in [4.78, 5) is 22.0. The van der Waals surface area contributed by atoms with Crippen molar-refractivity contribution in [3.8, 4) is 0 Å². The Labute approximate surface area is 88.0 Å². The minimum Gasteiger partial charge on any atom is -0.463 e. The fourth-order valence-electron chi connectivity index (χ4n) is 0.848. The smallest absolute Gasteiger partial charge is 0.379 e. The van der Waals surface area contributed by atoms with Gasteiger partial charge < -0.3 is 4.74 Å². The number of carbonyl (C=O) groups excluding carboxylic acids is 2. The van der Waals surface area contributed by atoms with Crippen LogP contribution in [-0.4, -0.2) is 18.9 Å². The quantitative estimate of drug-likeness (QED) is 0.464. The summed E-state index contributed by atoms with van der Waals surface area (Å²) >= 11 is 2.91. The van der Waals surface area contributed by atoms with Crippen LogP contribution in [0.5, 0.6) is 0 Å². The van der Waals surface area contributed by atoms with Crippen molar-refractivity contribution in [1.29, 1.82) is 0 Å². The minimum absolute atomic E-state index is 0.0881. The Hall–Kier alpha value is -1.23. The van der Waals surface area contributed by atoms with Crippen LogP contribution < -0.4 is 0 Å². The van der Waals surface area contributed by atoms with E-state index in [0.29, 0.717) is 0 Å². The molecule has 0 aromatic heterocycles. The number of carbonyl (C=O) groups is 2. The molecule has 0 aliphatic heterocycles. The predicted molar refractivity (Wildman–Crippen MR) is 50.4 cm³/mol. The van der Waals surface area contributed by atoms with E-state index in [1.807, 2.05) is 0 Å². The summed E-state index contributed by atoms with van der Waals surface area (Å²) in [6.45, 7) is 0. The highest BCUT2D eigenvalue weighted by Crippen LogP contribution is 2.17. The average molecular weight is 261 g/mol. The minimum atomic E-state index is -0.969. The van der Waals surface area contributed by atoms with Gasteiger partial charge in [-0.05, 0) is 34.1 Å². The van der Waals surface area contributed by atoms with E-state index < -0.39 is 17.6 Å². The summed E-state index contributed by atoms with van der Waals surface area (Å²) in [5.74, 6) is -2.26. The molecule has 0 radical (unpaired) electrons. The highest BCUT2D eigenvalue weighted by Gasteiger charge is 2.17. The molecule has 0 fully saturated rings. The third-order valence-corrected chi connectivity index (χ3v) is 2.16. The van der Waals surface area contributed by atoms with E-state index in [9.17, 15) is 14.0 Å².